The molecule has 3 heteroatoms. The fourth-order valence-electron chi connectivity index (χ4n) is 2.50. The van der Waals surface area contributed by atoms with Crippen LogP contribution in [0.15, 0.2) is 40.9 Å². The molecule has 0 saturated carbocycles. The second-order valence-electron chi connectivity index (χ2n) is 8.37. The Bertz CT molecular complexity index is 706. The molecule has 0 amide bonds. The number of benzene rings is 2. The van der Waals surface area contributed by atoms with Gasteiger partial charge in [-0.2, -0.15) is 0 Å². The minimum Gasteiger partial charge on any atom is -0.487 e. The Morgan fingerprint density at radius 1 is 0.917 bits per heavy atom. The molecule has 0 spiro atoms. The summed E-state index contributed by atoms with van der Waals surface area (Å²) in [6.45, 7) is 13.9. The summed E-state index contributed by atoms with van der Waals surface area (Å²) in [5.74, 6) is 0.923. The van der Waals surface area contributed by atoms with Crippen LogP contribution in [0.4, 0.5) is 5.69 Å². The number of nitrogens with two attached hydrogens (primary N) is 1. The third kappa shape index (κ3) is 4.54. The third-order valence-corrected chi connectivity index (χ3v) is 4.67. The van der Waals surface area contributed by atoms with E-state index in [9.17, 15) is 0 Å². The van der Waals surface area contributed by atoms with Gasteiger partial charge in [0.2, 0.25) is 0 Å². The van der Waals surface area contributed by atoms with Crippen molar-refractivity contribution in [2.45, 2.75) is 59.0 Å². The zero-order valence-electron chi connectivity index (χ0n) is 15.5. The van der Waals surface area contributed by atoms with Crippen molar-refractivity contribution in [1.29, 1.82) is 0 Å². The van der Waals surface area contributed by atoms with Gasteiger partial charge in [0, 0.05) is 11.3 Å². The molecule has 2 aromatic rings. The van der Waals surface area contributed by atoms with E-state index in [0.717, 1.165) is 21.5 Å². The van der Waals surface area contributed by atoms with Crippen LogP contribution < -0.4 is 10.5 Å². The first-order chi connectivity index (χ1) is 11.0. The van der Waals surface area contributed by atoms with E-state index in [-0.39, 0.29) is 10.8 Å². The van der Waals surface area contributed by atoms with Crippen LogP contribution in [0.1, 0.15) is 58.2 Å². The molecule has 0 heterocycles. The molecule has 2 rings (SSSR count). The molecule has 0 atom stereocenters. The fourth-order valence-corrected chi connectivity index (χ4v) is 3.07. The Kier molecular flexibility index (Phi) is 5.34. The number of ether oxygens (including phenoxy) is 1. The quantitative estimate of drug-likeness (QED) is 0.633. The maximum atomic E-state index is 6.20. The van der Waals surface area contributed by atoms with Crippen LogP contribution in [0, 0.1) is 0 Å². The van der Waals surface area contributed by atoms with E-state index in [2.05, 4.69) is 69.6 Å². The van der Waals surface area contributed by atoms with Crippen molar-refractivity contribution in [3.05, 3.63) is 57.6 Å². The van der Waals surface area contributed by atoms with Gasteiger partial charge in [0.15, 0.2) is 0 Å². The van der Waals surface area contributed by atoms with Crippen LogP contribution in [0.3, 0.4) is 0 Å². The van der Waals surface area contributed by atoms with Gasteiger partial charge < -0.3 is 10.5 Å². The van der Waals surface area contributed by atoms with E-state index in [1.165, 1.54) is 11.1 Å². The molecule has 0 radical (unpaired) electrons. The summed E-state index contributed by atoms with van der Waals surface area (Å²) in [5, 5.41) is 0. The van der Waals surface area contributed by atoms with Crippen LogP contribution in [0.25, 0.3) is 0 Å². The Balaban J connectivity index is 2.39. The standard InChI is InChI=1S/C21H28BrNO/c1-20(2,3)15-11-17(21(4,5)6)19(18(22)12-15)24-13-14-7-9-16(23)10-8-14/h7-12H,13,23H2,1-6H3. The van der Waals surface area contributed by atoms with Crippen molar-refractivity contribution in [3.63, 3.8) is 0 Å². The predicted octanol–water partition coefficient (Wildman–Crippen LogP) is 6.21. The molecular weight excluding hydrogens is 362 g/mol. The molecule has 0 aliphatic rings. The number of anilines is 1. The summed E-state index contributed by atoms with van der Waals surface area (Å²) < 4.78 is 7.21. The van der Waals surface area contributed by atoms with Crippen molar-refractivity contribution >= 4 is 21.6 Å². The fraction of sp³-hybridized carbons (Fsp3) is 0.429. The second-order valence-corrected chi connectivity index (χ2v) is 9.22. The van der Waals surface area contributed by atoms with E-state index >= 15 is 0 Å². The van der Waals surface area contributed by atoms with Crippen molar-refractivity contribution in [3.8, 4) is 5.75 Å². The number of rotatable bonds is 3. The Labute approximate surface area is 154 Å². The predicted molar refractivity (Wildman–Crippen MR) is 107 cm³/mol. The highest BCUT2D eigenvalue weighted by molar-refractivity contribution is 9.10. The first-order valence-electron chi connectivity index (χ1n) is 8.30. The molecule has 0 unspecified atom stereocenters. The molecule has 2 N–H and O–H groups in total. The zero-order chi connectivity index (χ0) is 18.1. The lowest BCUT2D eigenvalue weighted by Gasteiger charge is -2.28. The lowest BCUT2D eigenvalue weighted by atomic mass is 9.80. The monoisotopic (exact) mass is 389 g/mol. The molecule has 0 bridgehead atoms. The first-order valence-corrected chi connectivity index (χ1v) is 9.09. The molecule has 24 heavy (non-hydrogen) atoms. The number of halogens is 1. The van der Waals surface area contributed by atoms with Crippen LogP contribution in [0.5, 0.6) is 5.75 Å². The summed E-state index contributed by atoms with van der Waals surface area (Å²) in [6, 6.07) is 12.3. The van der Waals surface area contributed by atoms with Crippen molar-refractivity contribution < 1.29 is 4.74 Å². The number of hydrogen-bond acceptors (Lipinski definition) is 2. The van der Waals surface area contributed by atoms with Crippen LogP contribution in [-0.4, -0.2) is 0 Å². The van der Waals surface area contributed by atoms with Gasteiger partial charge in [-0.3, -0.25) is 0 Å². The Morgan fingerprint density at radius 2 is 1.50 bits per heavy atom. The summed E-state index contributed by atoms with van der Waals surface area (Å²) in [6.07, 6.45) is 0. The molecule has 0 saturated heterocycles. The SMILES string of the molecule is CC(C)(C)c1cc(Br)c(OCc2ccc(N)cc2)c(C(C)(C)C)c1. The molecule has 0 fully saturated rings. The van der Waals surface area contributed by atoms with E-state index < -0.39 is 0 Å². The van der Waals surface area contributed by atoms with E-state index in [1.54, 1.807) is 0 Å². The van der Waals surface area contributed by atoms with Crippen molar-refractivity contribution in [1.82, 2.24) is 0 Å². The summed E-state index contributed by atoms with van der Waals surface area (Å²) in [7, 11) is 0. The highest BCUT2D eigenvalue weighted by Crippen LogP contribution is 2.41. The zero-order valence-corrected chi connectivity index (χ0v) is 17.1. The topological polar surface area (TPSA) is 35.2 Å². The summed E-state index contributed by atoms with van der Waals surface area (Å²) >= 11 is 3.72. The second kappa shape index (κ2) is 6.79. The average molecular weight is 390 g/mol. The number of hydrogen-bond donors (Lipinski definition) is 1. The highest BCUT2D eigenvalue weighted by atomic mass is 79.9. The van der Waals surface area contributed by atoms with Gasteiger partial charge in [-0.25, -0.2) is 0 Å². The maximum absolute atomic E-state index is 6.20. The summed E-state index contributed by atoms with van der Waals surface area (Å²) in [4.78, 5) is 0. The van der Waals surface area contributed by atoms with Crippen molar-refractivity contribution in [2.24, 2.45) is 0 Å². The molecule has 0 aliphatic heterocycles. The third-order valence-electron chi connectivity index (χ3n) is 4.08. The van der Waals surface area contributed by atoms with E-state index in [4.69, 9.17) is 10.5 Å². The van der Waals surface area contributed by atoms with Gasteiger partial charge in [-0.15, -0.1) is 0 Å². The lowest BCUT2D eigenvalue weighted by Crippen LogP contribution is -2.18. The molecular formula is C21H28BrNO. The van der Waals surface area contributed by atoms with Gasteiger partial charge >= 0.3 is 0 Å². The largest absolute Gasteiger partial charge is 0.487 e. The normalized spacial score (nSPS) is 12.3. The maximum Gasteiger partial charge on any atom is 0.137 e. The van der Waals surface area contributed by atoms with E-state index in [1.807, 2.05) is 24.3 Å². The van der Waals surface area contributed by atoms with Gasteiger partial charge in [0.05, 0.1) is 4.47 Å². The van der Waals surface area contributed by atoms with Gasteiger partial charge in [0.25, 0.3) is 0 Å². The smallest absolute Gasteiger partial charge is 0.137 e. The lowest BCUT2D eigenvalue weighted by molar-refractivity contribution is 0.295. The average Bonchev–Trinajstić information content (AvgIpc) is 2.45. The van der Waals surface area contributed by atoms with Crippen molar-refractivity contribution in [2.75, 3.05) is 5.73 Å². The van der Waals surface area contributed by atoms with Crippen LogP contribution >= 0.6 is 15.9 Å². The van der Waals surface area contributed by atoms with Crippen LogP contribution in [-0.2, 0) is 17.4 Å². The van der Waals surface area contributed by atoms with Gasteiger partial charge in [-0.1, -0.05) is 59.7 Å². The Hall–Kier alpha value is -1.48. The summed E-state index contributed by atoms with van der Waals surface area (Å²) in [5.41, 5.74) is 10.2. The first kappa shape index (κ1) is 18.9. The molecule has 2 aromatic carbocycles. The minimum absolute atomic E-state index is 0.000228. The molecule has 130 valence electrons. The van der Waals surface area contributed by atoms with Crippen LogP contribution in [0.2, 0.25) is 0 Å². The molecule has 0 aromatic heterocycles. The van der Waals surface area contributed by atoms with Gasteiger partial charge in [0.1, 0.15) is 12.4 Å². The molecule has 0 aliphatic carbocycles. The molecule has 2 nitrogen and oxygen atoms in total. The van der Waals surface area contributed by atoms with Gasteiger partial charge in [-0.05, 0) is 56.1 Å². The van der Waals surface area contributed by atoms with E-state index in [0.29, 0.717) is 6.61 Å². The minimum atomic E-state index is 0.000228. The Morgan fingerprint density at radius 3 is 2.00 bits per heavy atom. The number of nitrogen functional groups attached to an aromatic ring is 1. The highest BCUT2D eigenvalue weighted by Gasteiger charge is 2.25.